The van der Waals surface area contributed by atoms with Gasteiger partial charge in [0, 0.05) is 10.9 Å². The highest BCUT2D eigenvalue weighted by Gasteiger charge is 2.18. The molecule has 1 saturated heterocycles. The lowest BCUT2D eigenvalue weighted by molar-refractivity contribution is 0.377. The van der Waals surface area contributed by atoms with E-state index in [0.717, 1.165) is 5.92 Å². The molecule has 1 nitrogen and oxygen atoms in total. The van der Waals surface area contributed by atoms with Crippen molar-refractivity contribution in [1.29, 1.82) is 0 Å². The summed E-state index contributed by atoms with van der Waals surface area (Å²) in [6.07, 6.45) is 5.34. The first-order valence-corrected chi connectivity index (χ1v) is 9.03. The molecule has 0 saturated carbocycles. The Labute approximate surface area is 121 Å². The van der Waals surface area contributed by atoms with Gasteiger partial charge in [0.05, 0.1) is 3.79 Å². The van der Waals surface area contributed by atoms with E-state index < -0.39 is 0 Å². The van der Waals surface area contributed by atoms with Gasteiger partial charge in [-0.3, -0.25) is 0 Å². The standard InChI is InChI=1S/C13H20BrNS2/c1-15-11(8-10-4-6-16-7-5-10)9-12-2-3-13(14)17-12/h2-3,10-11,15H,4-9H2,1H3. The minimum atomic E-state index is 0.647. The SMILES string of the molecule is CNC(Cc1ccc(Br)s1)CC1CCSCC1. The molecular weight excluding hydrogens is 314 g/mol. The first-order chi connectivity index (χ1) is 8.28. The minimum absolute atomic E-state index is 0.647. The summed E-state index contributed by atoms with van der Waals surface area (Å²) in [6.45, 7) is 0. The zero-order chi connectivity index (χ0) is 12.1. The highest BCUT2D eigenvalue weighted by atomic mass is 79.9. The van der Waals surface area contributed by atoms with Crippen LogP contribution in [0.3, 0.4) is 0 Å². The quantitative estimate of drug-likeness (QED) is 0.867. The Morgan fingerprint density at radius 2 is 2.18 bits per heavy atom. The predicted octanol–water partition coefficient (Wildman–Crippen LogP) is 4.17. The Kier molecular flexibility index (Phi) is 5.87. The van der Waals surface area contributed by atoms with Gasteiger partial charge in [-0.15, -0.1) is 11.3 Å². The van der Waals surface area contributed by atoms with E-state index in [9.17, 15) is 0 Å². The maximum atomic E-state index is 3.54. The number of thiophene rings is 1. The van der Waals surface area contributed by atoms with Crippen LogP contribution in [0.5, 0.6) is 0 Å². The van der Waals surface area contributed by atoms with Gasteiger partial charge < -0.3 is 5.32 Å². The molecule has 1 atom stereocenters. The van der Waals surface area contributed by atoms with Crippen molar-refractivity contribution >= 4 is 39.0 Å². The van der Waals surface area contributed by atoms with Crippen molar-refractivity contribution in [3.05, 3.63) is 20.8 Å². The van der Waals surface area contributed by atoms with E-state index in [-0.39, 0.29) is 0 Å². The normalized spacial score (nSPS) is 19.4. The van der Waals surface area contributed by atoms with Gasteiger partial charge in [0.15, 0.2) is 0 Å². The average molecular weight is 334 g/mol. The van der Waals surface area contributed by atoms with E-state index in [4.69, 9.17) is 0 Å². The molecule has 0 aliphatic carbocycles. The Morgan fingerprint density at radius 1 is 1.41 bits per heavy atom. The number of likely N-dealkylation sites (N-methyl/N-ethyl adjacent to an activating group) is 1. The fourth-order valence-corrected chi connectivity index (χ4v) is 5.16. The van der Waals surface area contributed by atoms with Crippen molar-refractivity contribution in [2.75, 3.05) is 18.6 Å². The molecule has 1 aliphatic heterocycles. The summed E-state index contributed by atoms with van der Waals surface area (Å²) < 4.78 is 1.25. The van der Waals surface area contributed by atoms with E-state index in [2.05, 4.69) is 52.2 Å². The average Bonchev–Trinajstić information content (AvgIpc) is 2.75. The van der Waals surface area contributed by atoms with Crippen LogP contribution in [-0.4, -0.2) is 24.6 Å². The van der Waals surface area contributed by atoms with Gasteiger partial charge in [-0.25, -0.2) is 0 Å². The van der Waals surface area contributed by atoms with Gasteiger partial charge in [0.25, 0.3) is 0 Å². The molecule has 1 fully saturated rings. The molecule has 1 unspecified atom stereocenters. The lowest BCUT2D eigenvalue weighted by atomic mass is 9.92. The van der Waals surface area contributed by atoms with E-state index in [1.165, 1.54) is 45.9 Å². The molecule has 0 aromatic carbocycles. The Balaban J connectivity index is 1.83. The minimum Gasteiger partial charge on any atom is -0.317 e. The largest absolute Gasteiger partial charge is 0.317 e. The molecule has 96 valence electrons. The number of hydrogen-bond acceptors (Lipinski definition) is 3. The number of rotatable bonds is 5. The number of thioether (sulfide) groups is 1. The van der Waals surface area contributed by atoms with Crippen molar-refractivity contribution in [1.82, 2.24) is 5.32 Å². The molecule has 0 amide bonds. The Morgan fingerprint density at radius 3 is 2.76 bits per heavy atom. The van der Waals surface area contributed by atoms with Crippen LogP contribution < -0.4 is 5.32 Å². The van der Waals surface area contributed by atoms with Crippen molar-refractivity contribution in [2.24, 2.45) is 5.92 Å². The lowest BCUT2D eigenvalue weighted by Crippen LogP contribution is -2.30. The highest BCUT2D eigenvalue weighted by molar-refractivity contribution is 9.11. The van der Waals surface area contributed by atoms with Crippen LogP contribution >= 0.6 is 39.0 Å². The van der Waals surface area contributed by atoms with Crippen LogP contribution in [0.1, 0.15) is 24.1 Å². The van der Waals surface area contributed by atoms with E-state index in [0.29, 0.717) is 6.04 Å². The summed E-state index contributed by atoms with van der Waals surface area (Å²) in [6, 6.07) is 5.05. The third-order valence-electron chi connectivity index (χ3n) is 3.44. The van der Waals surface area contributed by atoms with Gasteiger partial charge in [-0.2, -0.15) is 11.8 Å². The topological polar surface area (TPSA) is 12.0 Å². The first-order valence-electron chi connectivity index (χ1n) is 6.27. The Hall–Kier alpha value is 0.490. The monoisotopic (exact) mass is 333 g/mol. The number of nitrogens with one attached hydrogen (secondary N) is 1. The van der Waals surface area contributed by atoms with Gasteiger partial charge in [0.1, 0.15) is 0 Å². The maximum Gasteiger partial charge on any atom is 0.0701 e. The second-order valence-electron chi connectivity index (χ2n) is 4.69. The third kappa shape index (κ3) is 4.58. The van der Waals surface area contributed by atoms with E-state index in [1.807, 2.05) is 11.3 Å². The van der Waals surface area contributed by atoms with Crippen molar-refractivity contribution in [2.45, 2.75) is 31.7 Å². The van der Waals surface area contributed by atoms with Crippen molar-refractivity contribution in [3.63, 3.8) is 0 Å². The van der Waals surface area contributed by atoms with Crippen molar-refractivity contribution in [3.8, 4) is 0 Å². The van der Waals surface area contributed by atoms with E-state index in [1.54, 1.807) is 0 Å². The van der Waals surface area contributed by atoms with Gasteiger partial charge in [-0.05, 0) is 78.2 Å². The fourth-order valence-electron chi connectivity index (χ4n) is 2.39. The molecule has 1 aliphatic rings. The van der Waals surface area contributed by atoms with E-state index >= 15 is 0 Å². The molecule has 1 aromatic rings. The molecule has 1 N–H and O–H groups in total. The lowest BCUT2D eigenvalue weighted by Gasteiger charge is -2.26. The third-order valence-corrected chi connectivity index (χ3v) is 6.14. The molecule has 2 rings (SSSR count). The van der Waals surface area contributed by atoms with Gasteiger partial charge >= 0.3 is 0 Å². The molecular formula is C13H20BrNS2. The molecule has 0 spiro atoms. The molecule has 0 radical (unpaired) electrons. The summed E-state index contributed by atoms with van der Waals surface area (Å²) in [5, 5.41) is 3.49. The molecule has 2 heterocycles. The highest BCUT2D eigenvalue weighted by Crippen LogP contribution is 2.28. The predicted molar refractivity (Wildman–Crippen MR) is 83.2 cm³/mol. The zero-order valence-electron chi connectivity index (χ0n) is 10.2. The Bertz CT molecular complexity index is 334. The number of halogens is 1. The smallest absolute Gasteiger partial charge is 0.0701 e. The van der Waals surface area contributed by atoms with Crippen LogP contribution in [0.2, 0.25) is 0 Å². The van der Waals surface area contributed by atoms with Crippen LogP contribution in [0, 0.1) is 5.92 Å². The van der Waals surface area contributed by atoms with Gasteiger partial charge in [0.2, 0.25) is 0 Å². The second-order valence-corrected chi connectivity index (χ2v) is 8.46. The fraction of sp³-hybridized carbons (Fsp3) is 0.692. The van der Waals surface area contributed by atoms with Crippen LogP contribution in [0.4, 0.5) is 0 Å². The second kappa shape index (κ2) is 7.17. The van der Waals surface area contributed by atoms with Crippen LogP contribution in [-0.2, 0) is 6.42 Å². The summed E-state index contributed by atoms with van der Waals surface area (Å²) >= 11 is 7.52. The summed E-state index contributed by atoms with van der Waals surface area (Å²) in [7, 11) is 2.10. The molecule has 4 heteroatoms. The van der Waals surface area contributed by atoms with Crippen molar-refractivity contribution < 1.29 is 0 Å². The van der Waals surface area contributed by atoms with Crippen LogP contribution in [0.25, 0.3) is 0 Å². The molecule has 0 bridgehead atoms. The van der Waals surface area contributed by atoms with Gasteiger partial charge in [-0.1, -0.05) is 0 Å². The summed E-state index contributed by atoms with van der Waals surface area (Å²) in [4.78, 5) is 1.49. The summed E-state index contributed by atoms with van der Waals surface area (Å²) in [5.41, 5.74) is 0. The summed E-state index contributed by atoms with van der Waals surface area (Å²) in [5.74, 6) is 3.68. The molecule has 17 heavy (non-hydrogen) atoms. The first kappa shape index (κ1) is 13.9. The molecule has 1 aromatic heterocycles. The maximum absolute atomic E-state index is 3.54. The van der Waals surface area contributed by atoms with Crippen LogP contribution in [0.15, 0.2) is 15.9 Å². The zero-order valence-corrected chi connectivity index (χ0v) is 13.5. The number of hydrogen-bond donors (Lipinski definition) is 1.